The van der Waals surface area contributed by atoms with Crippen molar-refractivity contribution in [2.45, 2.75) is 23.9 Å². The van der Waals surface area contributed by atoms with Crippen molar-refractivity contribution >= 4 is 49.1 Å². The van der Waals surface area contributed by atoms with Crippen molar-refractivity contribution in [2.75, 3.05) is 18.4 Å². The first-order chi connectivity index (χ1) is 14.0. The molecule has 11 heteroatoms. The molecule has 1 N–H and O–H groups in total. The highest BCUT2D eigenvalue weighted by Gasteiger charge is 2.33. The van der Waals surface area contributed by atoms with Gasteiger partial charge in [-0.3, -0.25) is 4.79 Å². The van der Waals surface area contributed by atoms with E-state index in [1.165, 1.54) is 16.4 Å². The number of alkyl halides is 3. The van der Waals surface area contributed by atoms with Gasteiger partial charge in [0.25, 0.3) is 0 Å². The summed E-state index contributed by atoms with van der Waals surface area (Å²) in [6.45, 7) is 0.264. The third kappa shape index (κ3) is 5.16. The zero-order chi connectivity index (χ0) is 22.1. The van der Waals surface area contributed by atoms with Crippen molar-refractivity contribution in [2.24, 2.45) is 5.92 Å². The summed E-state index contributed by atoms with van der Waals surface area (Å²) in [6.07, 6.45) is -4.06. The minimum atomic E-state index is -4.56. The number of hydrogen-bond acceptors (Lipinski definition) is 3. The first-order valence-electron chi connectivity index (χ1n) is 8.92. The Labute approximate surface area is 185 Å². The second kappa shape index (κ2) is 8.86. The molecule has 5 nitrogen and oxygen atoms in total. The van der Waals surface area contributed by atoms with Gasteiger partial charge in [-0.15, -0.1) is 0 Å². The van der Waals surface area contributed by atoms with E-state index in [0.717, 1.165) is 22.7 Å². The molecule has 1 amide bonds. The number of amides is 1. The third-order valence-corrected chi connectivity index (χ3v) is 7.60. The number of carbonyl (C=O) groups is 1. The van der Waals surface area contributed by atoms with Crippen LogP contribution in [-0.2, 0) is 21.0 Å². The van der Waals surface area contributed by atoms with E-state index >= 15 is 0 Å². The lowest BCUT2D eigenvalue weighted by atomic mass is 9.97. The van der Waals surface area contributed by atoms with Gasteiger partial charge in [-0.2, -0.15) is 17.5 Å². The number of benzene rings is 2. The fraction of sp³-hybridized carbons (Fsp3) is 0.316. The number of nitrogens with zero attached hydrogens (tertiary/aromatic N) is 1. The van der Waals surface area contributed by atoms with E-state index in [0.29, 0.717) is 0 Å². The SMILES string of the molecule is O=C(Nc1cc(C(F)(F)F)ccc1Cl)C1CCN(S(=O)(=O)c2ccc(Br)cc2)CC1. The van der Waals surface area contributed by atoms with Crippen LogP contribution in [0.4, 0.5) is 18.9 Å². The largest absolute Gasteiger partial charge is 0.416 e. The van der Waals surface area contributed by atoms with Crippen molar-refractivity contribution in [1.82, 2.24) is 4.31 Å². The molecule has 0 spiro atoms. The predicted octanol–water partition coefficient (Wildman–Crippen LogP) is 5.16. The van der Waals surface area contributed by atoms with Crippen LogP contribution in [0, 0.1) is 5.92 Å². The maximum Gasteiger partial charge on any atom is 0.416 e. The number of hydrogen-bond donors (Lipinski definition) is 1. The maximum absolute atomic E-state index is 12.9. The highest BCUT2D eigenvalue weighted by molar-refractivity contribution is 9.10. The maximum atomic E-state index is 12.9. The predicted molar refractivity (Wildman–Crippen MR) is 111 cm³/mol. The molecule has 0 aliphatic carbocycles. The Morgan fingerprint density at radius 1 is 1.10 bits per heavy atom. The molecular formula is C19H17BrClF3N2O3S. The average molecular weight is 526 g/mol. The summed E-state index contributed by atoms with van der Waals surface area (Å²) in [5, 5.41) is 2.43. The molecule has 1 heterocycles. The Bertz CT molecular complexity index is 1040. The van der Waals surface area contributed by atoms with Gasteiger partial charge in [-0.1, -0.05) is 27.5 Å². The van der Waals surface area contributed by atoms with E-state index in [4.69, 9.17) is 11.6 Å². The molecule has 1 saturated heterocycles. The van der Waals surface area contributed by atoms with Crippen LogP contribution in [0.15, 0.2) is 51.8 Å². The first-order valence-corrected chi connectivity index (χ1v) is 11.5. The van der Waals surface area contributed by atoms with Crippen LogP contribution >= 0.6 is 27.5 Å². The van der Waals surface area contributed by atoms with E-state index in [1.54, 1.807) is 12.1 Å². The second-order valence-corrected chi connectivity index (χ2v) is 10.1. The van der Waals surface area contributed by atoms with Crippen LogP contribution in [0.2, 0.25) is 5.02 Å². The topological polar surface area (TPSA) is 66.5 Å². The lowest BCUT2D eigenvalue weighted by Gasteiger charge is -2.30. The van der Waals surface area contributed by atoms with Gasteiger partial charge in [-0.25, -0.2) is 8.42 Å². The first kappa shape index (κ1) is 23.1. The molecule has 0 atom stereocenters. The number of nitrogens with one attached hydrogen (secondary N) is 1. The number of halogens is 5. The molecule has 2 aromatic carbocycles. The van der Waals surface area contributed by atoms with E-state index < -0.39 is 33.6 Å². The Morgan fingerprint density at radius 2 is 1.70 bits per heavy atom. The van der Waals surface area contributed by atoms with Crippen LogP contribution in [0.3, 0.4) is 0 Å². The number of anilines is 1. The second-order valence-electron chi connectivity index (χ2n) is 6.81. The number of piperidine rings is 1. The van der Waals surface area contributed by atoms with Gasteiger partial charge in [0.05, 0.1) is 21.2 Å². The van der Waals surface area contributed by atoms with Crippen molar-refractivity contribution in [3.8, 4) is 0 Å². The number of rotatable bonds is 4. The molecule has 0 saturated carbocycles. The van der Waals surface area contributed by atoms with E-state index in [-0.39, 0.29) is 41.5 Å². The molecule has 1 aliphatic rings. The molecule has 3 rings (SSSR count). The minimum Gasteiger partial charge on any atom is -0.325 e. The van der Waals surface area contributed by atoms with Crippen LogP contribution in [-0.4, -0.2) is 31.7 Å². The van der Waals surface area contributed by atoms with Crippen LogP contribution < -0.4 is 5.32 Å². The zero-order valence-corrected chi connectivity index (χ0v) is 18.6. The highest BCUT2D eigenvalue weighted by atomic mass is 79.9. The monoisotopic (exact) mass is 524 g/mol. The summed E-state index contributed by atoms with van der Waals surface area (Å²) < 4.78 is 66.2. The van der Waals surface area contributed by atoms with Crippen molar-refractivity contribution < 1.29 is 26.4 Å². The molecule has 30 heavy (non-hydrogen) atoms. The summed E-state index contributed by atoms with van der Waals surface area (Å²) in [6, 6.07) is 8.95. The van der Waals surface area contributed by atoms with Gasteiger partial charge >= 0.3 is 6.18 Å². The highest BCUT2D eigenvalue weighted by Crippen LogP contribution is 2.34. The fourth-order valence-corrected chi connectivity index (χ4v) is 5.04. The number of sulfonamides is 1. The summed E-state index contributed by atoms with van der Waals surface area (Å²) in [5.74, 6) is -1.02. The van der Waals surface area contributed by atoms with Gasteiger partial charge in [-0.05, 0) is 55.3 Å². The molecule has 1 fully saturated rings. The lowest BCUT2D eigenvalue weighted by molar-refractivity contribution is -0.137. The van der Waals surface area contributed by atoms with Gasteiger partial charge in [0, 0.05) is 23.5 Å². The molecule has 0 aromatic heterocycles. The van der Waals surface area contributed by atoms with Gasteiger partial charge in [0.1, 0.15) is 0 Å². The van der Waals surface area contributed by atoms with E-state index in [9.17, 15) is 26.4 Å². The van der Waals surface area contributed by atoms with E-state index in [1.807, 2.05) is 0 Å². The zero-order valence-electron chi connectivity index (χ0n) is 15.4. The van der Waals surface area contributed by atoms with Crippen LogP contribution in [0.1, 0.15) is 18.4 Å². The van der Waals surface area contributed by atoms with Crippen molar-refractivity contribution in [1.29, 1.82) is 0 Å². The van der Waals surface area contributed by atoms with Gasteiger partial charge in [0.2, 0.25) is 15.9 Å². The molecule has 0 unspecified atom stereocenters. The standard InChI is InChI=1S/C19H17BrClF3N2O3S/c20-14-2-4-15(5-3-14)30(28,29)26-9-7-12(8-10-26)18(27)25-17-11-13(19(22,23)24)1-6-16(17)21/h1-6,11-12H,7-10H2,(H,25,27). The molecule has 1 aliphatic heterocycles. The van der Waals surface area contributed by atoms with Gasteiger partial charge < -0.3 is 5.32 Å². The Balaban J connectivity index is 1.65. The average Bonchev–Trinajstić information content (AvgIpc) is 2.69. The quantitative estimate of drug-likeness (QED) is 0.600. The molecule has 0 bridgehead atoms. The summed E-state index contributed by atoms with van der Waals surface area (Å²) in [4.78, 5) is 12.7. The Kier molecular flexibility index (Phi) is 6.81. The molecule has 162 valence electrons. The Hall–Kier alpha value is -1.62. The Morgan fingerprint density at radius 3 is 2.27 bits per heavy atom. The van der Waals surface area contributed by atoms with Gasteiger partial charge in [0.15, 0.2) is 0 Å². The minimum absolute atomic E-state index is 0.00778. The molecule has 2 aromatic rings. The summed E-state index contributed by atoms with van der Waals surface area (Å²) in [5.41, 5.74) is -1.04. The molecule has 0 radical (unpaired) electrons. The van der Waals surface area contributed by atoms with Crippen molar-refractivity contribution in [3.63, 3.8) is 0 Å². The smallest absolute Gasteiger partial charge is 0.325 e. The number of carbonyl (C=O) groups excluding carboxylic acids is 1. The summed E-state index contributed by atoms with van der Waals surface area (Å²) in [7, 11) is -3.68. The van der Waals surface area contributed by atoms with Crippen LogP contribution in [0.5, 0.6) is 0 Å². The summed E-state index contributed by atoms with van der Waals surface area (Å²) >= 11 is 9.17. The lowest BCUT2D eigenvalue weighted by Crippen LogP contribution is -2.41. The fourth-order valence-electron chi connectivity index (χ4n) is 3.15. The molecular weight excluding hydrogens is 509 g/mol. The van der Waals surface area contributed by atoms with Crippen LogP contribution in [0.25, 0.3) is 0 Å². The van der Waals surface area contributed by atoms with Crippen molar-refractivity contribution in [3.05, 3.63) is 57.5 Å². The third-order valence-electron chi connectivity index (χ3n) is 4.83. The van der Waals surface area contributed by atoms with E-state index in [2.05, 4.69) is 21.2 Å². The normalized spacial score (nSPS) is 16.4.